The molecule has 2 aromatic carbocycles. The third-order valence-corrected chi connectivity index (χ3v) is 4.54. The summed E-state index contributed by atoms with van der Waals surface area (Å²) in [6.07, 6.45) is 1.44. The Morgan fingerprint density at radius 2 is 1.83 bits per heavy atom. The molecule has 0 fully saturated rings. The molecule has 0 aliphatic rings. The van der Waals surface area contributed by atoms with E-state index in [0.29, 0.717) is 17.1 Å². The van der Waals surface area contributed by atoms with E-state index in [-0.39, 0.29) is 11.3 Å². The van der Waals surface area contributed by atoms with Crippen LogP contribution in [0.4, 0.5) is 5.69 Å². The zero-order valence-corrected chi connectivity index (χ0v) is 15.3. The second-order valence-electron chi connectivity index (χ2n) is 6.41. The van der Waals surface area contributed by atoms with Gasteiger partial charge >= 0.3 is 5.97 Å². The van der Waals surface area contributed by atoms with Gasteiger partial charge in [0.2, 0.25) is 0 Å². The summed E-state index contributed by atoms with van der Waals surface area (Å²) in [7, 11) is 0. The van der Waals surface area contributed by atoms with Crippen LogP contribution in [0.15, 0.2) is 60.8 Å². The minimum atomic E-state index is -1.25. The van der Waals surface area contributed by atoms with Crippen molar-refractivity contribution in [2.24, 2.45) is 0 Å². The Bertz CT molecular complexity index is 1260. The number of phenols is 1. The summed E-state index contributed by atoms with van der Waals surface area (Å²) < 4.78 is 1.58. The van der Waals surface area contributed by atoms with Crippen molar-refractivity contribution in [1.29, 1.82) is 0 Å². The van der Waals surface area contributed by atoms with Gasteiger partial charge in [0.15, 0.2) is 5.82 Å². The molecular weight excluding hydrogens is 372 g/mol. The normalized spacial score (nSPS) is 10.8. The SMILES string of the molecule is Cc1c(C(=O)Nc2ccc(C(=O)O)c(O)c2)cnn1-c1ccc2ccccc2n1. The van der Waals surface area contributed by atoms with Gasteiger partial charge in [0.05, 0.1) is 23.0 Å². The lowest BCUT2D eigenvalue weighted by Crippen LogP contribution is -2.13. The van der Waals surface area contributed by atoms with Gasteiger partial charge < -0.3 is 15.5 Å². The number of pyridine rings is 1. The number of aromatic hydroxyl groups is 1. The van der Waals surface area contributed by atoms with Gasteiger partial charge in [0.25, 0.3) is 5.91 Å². The van der Waals surface area contributed by atoms with E-state index in [4.69, 9.17) is 5.11 Å². The molecule has 0 spiro atoms. The Hall–Kier alpha value is -4.20. The Kier molecular flexibility index (Phi) is 4.44. The Morgan fingerprint density at radius 3 is 2.59 bits per heavy atom. The summed E-state index contributed by atoms with van der Waals surface area (Å²) in [4.78, 5) is 28.2. The lowest BCUT2D eigenvalue weighted by atomic mass is 10.1. The number of amides is 1. The summed E-state index contributed by atoms with van der Waals surface area (Å²) in [5.74, 6) is -1.52. The first-order chi connectivity index (χ1) is 13.9. The van der Waals surface area contributed by atoms with Crippen LogP contribution < -0.4 is 5.32 Å². The van der Waals surface area contributed by atoms with Crippen molar-refractivity contribution in [3.8, 4) is 11.6 Å². The van der Waals surface area contributed by atoms with Crippen molar-refractivity contribution in [2.75, 3.05) is 5.32 Å². The predicted octanol–water partition coefficient (Wildman–Crippen LogP) is 3.39. The molecule has 2 heterocycles. The molecule has 3 N–H and O–H groups in total. The number of anilines is 1. The highest BCUT2D eigenvalue weighted by molar-refractivity contribution is 6.05. The van der Waals surface area contributed by atoms with Crippen LogP contribution in [0.5, 0.6) is 5.75 Å². The summed E-state index contributed by atoms with van der Waals surface area (Å²) in [6.45, 7) is 1.75. The van der Waals surface area contributed by atoms with Crippen LogP contribution in [-0.4, -0.2) is 36.9 Å². The zero-order valence-electron chi connectivity index (χ0n) is 15.3. The summed E-state index contributed by atoms with van der Waals surface area (Å²) in [5.41, 5.74) is 1.78. The number of aromatic nitrogens is 3. The van der Waals surface area contributed by atoms with E-state index in [2.05, 4.69) is 15.4 Å². The fourth-order valence-electron chi connectivity index (χ4n) is 3.03. The van der Waals surface area contributed by atoms with Gasteiger partial charge in [-0.15, -0.1) is 0 Å². The molecular formula is C21H16N4O4. The number of hydrogen-bond donors (Lipinski definition) is 3. The number of carbonyl (C=O) groups is 2. The molecule has 4 rings (SSSR count). The van der Waals surface area contributed by atoms with E-state index in [0.717, 1.165) is 10.9 Å². The van der Waals surface area contributed by atoms with E-state index in [9.17, 15) is 14.7 Å². The number of carbonyl (C=O) groups excluding carboxylic acids is 1. The van der Waals surface area contributed by atoms with Crippen LogP contribution in [0.3, 0.4) is 0 Å². The lowest BCUT2D eigenvalue weighted by molar-refractivity contribution is 0.0693. The maximum Gasteiger partial charge on any atom is 0.339 e. The van der Waals surface area contributed by atoms with Crippen molar-refractivity contribution < 1.29 is 19.8 Å². The molecule has 0 unspecified atom stereocenters. The first-order valence-electron chi connectivity index (χ1n) is 8.72. The molecule has 0 aliphatic heterocycles. The highest BCUT2D eigenvalue weighted by Crippen LogP contribution is 2.23. The molecule has 0 saturated heterocycles. The highest BCUT2D eigenvalue weighted by atomic mass is 16.4. The Balaban J connectivity index is 1.61. The minimum Gasteiger partial charge on any atom is -0.507 e. The second-order valence-corrected chi connectivity index (χ2v) is 6.41. The number of benzene rings is 2. The lowest BCUT2D eigenvalue weighted by Gasteiger charge is -2.08. The third kappa shape index (κ3) is 3.39. The quantitative estimate of drug-likeness (QED) is 0.493. The van der Waals surface area contributed by atoms with Crippen LogP contribution in [0.25, 0.3) is 16.7 Å². The summed E-state index contributed by atoms with van der Waals surface area (Å²) in [6, 6.07) is 15.3. The van der Waals surface area contributed by atoms with Crippen molar-refractivity contribution >= 4 is 28.5 Å². The summed E-state index contributed by atoms with van der Waals surface area (Å²) >= 11 is 0. The molecule has 8 nitrogen and oxygen atoms in total. The van der Waals surface area contributed by atoms with E-state index < -0.39 is 17.6 Å². The largest absolute Gasteiger partial charge is 0.507 e. The van der Waals surface area contributed by atoms with E-state index in [1.165, 1.54) is 24.4 Å². The molecule has 29 heavy (non-hydrogen) atoms. The number of nitrogens with zero attached hydrogens (tertiary/aromatic N) is 3. The molecule has 0 saturated carbocycles. The number of rotatable bonds is 4. The fraction of sp³-hybridized carbons (Fsp3) is 0.0476. The number of nitrogens with one attached hydrogen (secondary N) is 1. The molecule has 4 aromatic rings. The maximum atomic E-state index is 12.6. The predicted molar refractivity (Wildman–Crippen MR) is 107 cm³/mol. The van der Waals surface area contributed by atoms with Gasteiger partial charge in [-0.2, -0.15) is 5.10 Å². The molecule has 144 valence electrons. The van der Waals surface area contributed by atoms with Crippen LogP contribution in [0.1, 0.15) is 26.4 Å². The number of hydrogen-bond acceptors (Lipinski definition) is 5. The van der Waals surface area contributed by atoms with Crippen LogP contribution in [0.2, 0.25) is 0 Å². The number of para-hydroxylation sites is 1. The van der Waals surface area contributed by atoms with Gasteiger partial charge in [-0.1, -0.05) is 18.2 Å². The van der Waals surface area contributed by atoms with E-state index in [1.807, 2.05) is 36.4 Å². The first-order valence-corrected chi connectivity index (χ1v) is 8.72. The average Bonchev–Trinajstić information content (AvgIpc) is 3.09. The number of aromatic carboxylic acids is 1. The molecule has 8 heteroatoms. The van der Waals surface area contributed by atoms with Crippen molar-refractivity contribution in [1.82, 2.24) is 14.8 Å². The molecule has 2 aromatic heterocycles. The molecule has 0 radical (unpaired) electrons. The van der Waals surface area contributed by atoms with Crippen LogP contribution in [0, 0.1) is 6.92 Å². The van der Waals surface area contributed by atoms with Gasteiger partial charge in [-0.3, -0.25) is 4.79 Å². The molecule has 0 aliphatic carbocycles. The monoisotopic (exact) mass is 388 g/mol. The van der Waals surface area contributed by atoms with Crippen molar-refractivity contribution in [3.05, 3.63) is 77.6 Å². The minimum absolute atomic E-state index is 0.241. The van der Waals surface area contributed by atoms with Gasteiger partial charge in [-0.05, 0) is 37.3 Å². The Labute approximate surface area is 165 Å². The number of carboxylic acids is 1. The first kappa shape index (κ1) is 18.2. The van der Waals surface area contributed by atoms with E-state index in [1.54, 1.807) is 11.6 Å². The average molecular weight is 388 g/mol. The highest BCUT2D eigenvalue weighted by Gasteiger charge is 2.17. The fourth-order valence-corrected chi connectivity index (χ4v) is 3.03. The molecule has 0 atom stereocenters. The molecule has 0 bridgehead atoms. The van der Waals surface area contributed by atoms with Crippen molar-refractivity contribution in [3.63, 3.8) is 0 Å². The smallest absolute Gasteiger partial charge is 0.339 e. The number of fused-ring (bicyclic) bond motifs is 1. The summed E-state index contributed by atoms with van der Waals surface area (Å²) in [5, 5.41) is 26.7. The second kappa shape index (κ2) is 7.08. The maximum absolute atomic E-state index is 12.6. The standard InChI is InChI=1S/C21H16N4O4/c1-12-16(20(27)23-14-7-8-15(21(28)29)18(26)10-14)11-22-25(12)19-9-6-13-4-2-3-5-17(13)24-19/h2-11,26H,1H3,(H,23,27)(H,28,29). The van der Waals surface area contributed by atoms with Crippen LogP contribution in [-0.2, 0) is 0 Å². The van der Waals surface area contributed by atoms with Gasteiger partial charge in [0.1, 0.15) is 11.3 Å². The van der Waals surface area contributed by atoms with E-state index >= 15 is 0 Å². The Morgan fingerprint density at radius 1 is 1.03 bits per heavy atom. The van der Waals surface area contributed by atoms with Gasteiger partial charge in [-0.25, -0.2) is 14.5 Å². The van der Waals surface area contributed by atoms with Crippen LogP contribution >= 0.6 is 0 Å². The molecule has 1 amide bonds. The number of carboxylic acid groups (broad SMARTS) is 1. The third-order valence-electron chi connectivity index (χ3n) is 4.54. The van der Waals surface area contributed by atoms with Crippen molar-refractivity contribution in [2.45, 2.75) is 6.92 Å². The zero-order chi connectivity index (χ0) is 20.5. The van der Waals surface area contributed by atoms with Gasteiger partial charge in [0, 0.05) is 17.1 Å². The topological polar surface area (TPSA) is 117 Å².